The van der Waals surface area contributed by atoms with Gasteiger partial charge in [0.25, 0.3) is 5.91 Å². The van der Waals surface area contributed by atoms with Crippen LogP contribution >= 0.6 is 0 Å². The predicted octanol–water partition coefficient (Wildman–Crippen LogP) is 3.84. The van der Waals surface area contributed by atoms with E-state index in [2.05, 4.69) is 42.6 Å². The molecule has 0 unspecified atom stereocenters. The third-order valence-corrected chi connectivity index (χ3v) is 3.94. The molecule has 0 saturated carbocycles. The molecule has 1 aromatic carbocycles. The van der Waals surface area contributed by atoms with Gasteiger partial charge in [0.2, 0.25) is 5.91 Å². The first-order chi connectivity index (χ1) is 12.7. The Morgan fingerprint density at radius 3 is 2.22 bits per heavy atom. The number of hydrogen-bond acceptors (Lipinski definition) is 4. The lowest BCUT2D eigenvalue weighted by Gasteiger charge is -2.22. The quantitative estimate of drug-likeness (QED) is 0.788. The SMILES string of the molecule is C=CC(=O)N(Cc1cnc(C(C)(C)C)nc1)c1ccc(NC(=O)CC)cc1. The highest BCUT2D eigenvalue weighted by Crippen LogP contribution is 2.22. The highest BCUT2D eigenvalue weighted by molar-refractivity contribution is 6.01. The minimum absolute atomic E-state index is 0.0575. The summed E-state index contributed by atoms with van der Waals surface area (Å²) in [5.74, 6) is 0.474. The lowest BCUT2D eigenvalue weighted by molar-refractivity contribution is -0.116. The van der Waals surface area contributed by atoms with Gasteiger partial charge in [-0.25, -0.2) is 9.97 Å². The van der Waals surface area contributed by atoms with Gasteiger partial charge in [-0.2, -0.15) is 0 Å². The Bertz CT molecular complexity index is 806. The highest BCUT2D eigenvalue weighted by atomic mass is 16.2. The molecule has 2 rings (SSSR count). The molecule has 0 aliphatic rings. The number of aromatic nitrogens is 2. The van der Waals surface area contributed by atoms with Gasteiger partial charge in [0.1, 0.15) is 5.82 Å². The topological polar surface area (TPSA) is 75.2 Å². The van der Waals surface area contributed by atoms with E-state index in [4.69, 9.17) is 0 Å². The van der Waals surface area contributed by atoms with Crippen LogP contribution in [0.3, 0.4) is 0 Å². The van der Waals surface area contributed by atoms with E-state index in [1.54, 1.807) is 48.5 Å². The zero-order chi connectivity index (χ0) is 20.0. The molecular weight excluding hydrogens is 340 g/mol. The van der Waals surface area contributed by atoms with E-state index in [0.29, 0.717) is 24.3 Å². The average Bonchev–Trinajstić information content (AvgIpc) is 2.66. The van der Waals surface area contributed by atoms with Crippen molar-refractivity contribution in [3.05, 3.63) is 60.7 Å². The molecule has 0 bridgehead atoms. The molecule has 27 heavy (non-hydrogen) atoms. The van der Waals surface area contributed by atoms with Gasteiger partial charge in [-0.1, -0.05) is 34.3 Å². The fourth-order valence-corrected chi connectivity index (χ4v) is 2.39. The highest BCUT2D eigenvalue weighted by Gasteiger charge is 2.18. The molecule has 2 amide bonds. The number of benzene rings is 1. The maximum atomic E-state index is 12.3. The molecule has 1 aromatic heterocycles. The van der Waals surface area contributed by atoms with Crippen LogP contribution in [0.25, 0.3) is 0 Å². The molecule has 0 spiro atoms. The molecular formula is C21H26N4O2. The van der Waals surface area contributed by atoms with Crippen molar-refractivity contribution in [2.24, 2.45) is 0 Å². The first kappa shape index (κ1) is 20.3. The van der Waals surface area contributed by atoms with Gasteiger partial charge in [0.15, 0.2) is 0 Å². The number of amides is 2. The molecule has 0 aliphatic heterocycles. The Morgan fingerprint density at radius 2 is 1.74 bits per heavy atom. The zero-order valence-electron chi connectivity index (χ0n) is 16.3. The van der Waals surface area contributed by atoms with Crippen molar-refractivity contribution in [3.63, 3.8) is 0 Å². The molecule has 6 nitrogen and oxygen atoms in total. The van der Waals surface area contributed by atoms with Crippen molar-refractivity contribution in [1.29, 1.82) is 0 Å². The smallest absolute Gasteiger partial charge is 0.250 e. The van der Waals surface area contributed by atoms with Gasteiger partial charge in [-0.15, -0.1) is 0 Å². The Balaban J connectivity index is 2.21. The number of rotatable bonds is 6. The summed E-state index contributed by atoms with van der Waals surface area (Å²) in [6, 6.07) is 7.12. The standard InChI is InChI=1S/C21H26N4O2/c1-6-18(26)24-16-8-10-17(11-9-16)25(19(27)7-2)14-15-12-22-20(23-13-15)21(3,4)5/h7-13H,2,6,14H2,1,3-5H3,(H,24,26). The van der Waals surface area contributed by atoms with Crippen molar-refractivity contribution in [3.8, 4) is 0 Å². The summed E-state index contributed by atoms with van der Waals surface area (Å²) < 4.78 is 0. The van der Waals surface area contributed by atoms with Crippen LogP contribution in [0, 0.1) is 0 Å². The van der Waals surface area contributed by atoms with E-state index in [0.717, 1.165) is 11.4 Å². The van der Waals surface area contributed by atoms with Crippen molar-refractivity contribution < 1.29 is 9.59 Å². The molecule has 1 heterocycles. The van der Waals surface area contributed by atoms with Crippen molar-refractivity contribution >= 4 is 23.2 Å². The molecule has 0 radical (unpaired) electrons. The van der Waals surface area contributed by atoms with Gasteiger partial charge < -0.3 is 10.2 Å². The molecule has 6 heteroatoms. The Hall–Kier alpha value is -3.02. The first-order valence-corrected chi connectivity index (χ1v) is 8.90. The second-order valence-corrected chi connectivity index (χ2v) is 7.24. The Morgan fingerprint density at radius 1 is 1.15 bits per heavy atom. The number of hydrogen-bond donors (Lipinski definition) is 1. The summed E-state index contributed by atoms with van der Waals surface area (Å²) >= 11 is 0. The lowest BCUT2D eigenvalue weighted by atomic mass is 9.96. The van der Waals surface area contributed by atoms with Gasteiger partial charge in [0, 0.05) is 41.2 Å². The predicted molar refractivity (Wildman–Crippen MR) is 107 cm³/mol. The number of anilines is 2. The molecule has 0 fully saturated rings. The first-order valence-electron chi connectivity index (χ1n) is 8.90. The fourth-order valence-electron chi connectivity index (χ4n) is 2.39. The molecule has 0 atom stereocenters. The summed E-state index contributed by atoms with van der Waals surface area (Å²) in [5.41, 5.74) is 2.08. The summed E-state index contributed by atoms with van der Waals surface area (Å²) in [6.07, 6.45) is 5.17. The van der Waals surface area contributed by atoms with E-state index >= 15 is 0 Å². The van der Waals surface area contributed by atoms with Crippen LogP contribution in [0.5, 0.6) is 0 Å². The molecule has 2 aromatic rings. The second kappa shape index (κ2) is 8.58. The van der Waals surface area contributed by atoms with Crippen molar-refractivity contribution in [1.82, 2.24) is 9.97 Å². The van der Waals surface area contributed by atoms with Gasteiger partial charge in [-0.05, 0) is 30.3 Å². The molecule has 142 valence electrons. The molecule has 0 saturated heterocycles. The van der Waals surface area contributed by atoms with Crippen LogP contribution in [0.4, 0.5) is 11.4 Å². The van der Waals surface area contributed by atoms with E-state index in [1.807, 2.05) is 0 Å². The normalized spacial score (nSPS) is 11.0. The van der Waals surface area contributed by atoms with Gasteiger partial charge in [-0.3, -0.25) is 9.59 Å². The number of carbonyl (C=O) groups excluding carboxylic acids is 2. The van der Waals surface area contributed by atoms with Crippen LogP contribution in [-0.2, 0) is 21.5 Å². The largest absolute Gasteiger partial charge is 0.326 e. The van der Waals surface area contributed by atoms with Gasteiger partial charge >= 0.3 is 0 Å². The maximum Gasteiger partial charge on any atom is 0.250 e. The van der Waals surface area contributed by atoms with E-state index in [-0.39, 0.29) is 17.2 Å². The fraction of sp³-hybridized carbons (Fsp3) is 0.333. The maximum absolute atomic E-state index is 12.3. The van der Waals surface area contributed by atoms with Crippen LogP contribution in [0.1, 0.15) is 45.5 Å². The third kappa shape index (κ3) is 5.48. The van der Waals surface area contributed by atoms with Crippen molar-refractivity contribution in [2.45, 2.75) is 46.1 Å². The Labute approximate surface area is 160 Å². The minimum atomic E-state index is -0.222. The van der Waals surface area contributed by atoms with Crippen LogP contribution in [-0.4, -0.2) is 21.8 Å². The Kier molecular flexibility index (Phi) is 6.45. The van der Waals surface area contributed by atoms with E-state index in [9.17, 15) is 9.59 Å². The number of nitrogens with zero attached hydrogens (tertiary/aromatic N) is 3. The number of carbonyl (C=O) groups is 2. The van der Waals surface area contributed by atoms with Crippen molar-refractivity contribution in [2.75, 3.05) is 10.2 Å². The van der Waals surface area contributed by atoms with Crippen LogP contribution in [0.15, 0.2) is 49.3 Å². The zero-order valence-corrected chi connectivity index (χ0v) is 16.3. The summed E-state index contributed by atoms with van der Waals surface area (Å²) in [7, 11) is 0. The lowest BCUT2D eigenvalue weighted by Crippen LogP contribution is -2.29. The van der Waals surface area contributed by atoms with E-state index in [1.165, 1.54) is 6.08 Å². The summed E-state index contributed by atoms with van der Waals surface area (Å²) in [6.45, 7) is 11.9. The summed E-state index contributed by atoms with van der Waals surface area (Å²) in [4.78, 5) is 34.3. The third-order valence-electron chi connectivity index (χ3n) is 3.94. The van der Waals surface area contributed by atoms with Gasteiger partial charge in [0.05, 0.1) is 6.54 Å². The molecule has 0 aliphatic carbocycles. The van der Waals surface area contributed by atoms with E-state index < -0.39 is 0 Å². The second-order valence-electron chi connectivity index (χ2n) is 7.24. The minimum Gasteiger partial charge on any atom is -0.326 e. The average molecular weight is 366 g/mol. The summed E-state index contributed by atoms with van der Waals surface area (Å²) in [5, 5.41) is 2.79. The van der Waals surface area contributed by atoms with Crippen LogP contribution in [0.2, 0.25) is 0 Å². The monoisotopic (exact) mass is 366 g/mol. The molecule has 1 N–H and O–H groups in total. The number of nitrogens with one attached hydrogen (secondary N) is 1. The van der Waals surface area contributed by atoms with Crippen LogP contribution < -0.4 is 10.2 Å².